The molecule has 1 saturated heterocycles. The molecule has 70 valence electrons. The maximum atomic E-state index is 11.3. The van der Waals surface area contributed by atoms with Crippen LogP contribution in [0.5, 0.6) is 0 Å². The second kappa shape index (κ2) is 4.23. The molecule has 0 bridgehead atoms. The highest BCUT2D eigenvalue weighted by molar-refractivity contribution is 9.09. The molecule has 1 aliphatic rings. The van der Waals surface area contributed by atoms with E-state index in [1.807, 2.05) is 0 Å². The van der Waals surface area contributed by atoms with Gasteiger partial charge in [-0.25, -0.2) is 0 Å². The van der Waals surface area contributed by atoms with E-state index in [-0.39, 0.29) is 5.91 Å². The number of carbonyl (C=O) groups excluding carboxylic acids is 1. The molecule has 0 aliphatic carbocycles. The van der Waals surface area contributed by atoms with E-state index < -0.39 is 6.10 Å². The van der Waals surface area contributed by atoms with E-state index in [4.69, 9.17) is 5.11 Å². The minimum absolute atomic E-state index is 0.167. The molecule has 1 N–H and O–H groups in total. The quantitative estimate of drug-likeness (QED) is 0.729. The Morgan fingerprint density at radius 2 is 2.50 bits per heavy atom. The molecule has 1 fully saturated rings. The third kappa shape index (κ3) is 2.45. The van der Waals surface area contributed by atoms with Gasteiger partial charge >= 0.3 is 0 Å². The van der Waals surface area contributed by atoms with Gasteiger partial charge in [0.25, 0.3) is 0 Å². The van der Waals surface area contributed by atoms with E-state index in [9.17, 15) is 4.79 Å². The van der Waals surface area contributed by atoms with Gasteiger partial charge in [0.2, 0.25) is 5.91 Å². The van der Waals surface area contributed by atoms with E-state index >= 15 is 0 Å². The van der Waals surface area contributed by atoms with Gasteiger partial charge < -0.3 is 10.0 Å². The Bertz CT molecular complexity index is 172. The number of amides is 1. The summed E-state index contributed by atoms with van der Waals surface area (Å²) < 4.78 is 0. The number of halogens is 1. The monoisotopic (exact) mass is 235 g/mol. The summed E-state index contributed by atoms with van der Waals surface area (Å²) in [6.45, 7) is 2.96. The predicted molar refractivity (Wildman–Crippen MR) is 50.2 cm³/mol. The van der Waals surface area contributed by atoms with E-state index in [1.54, 1.807) is 11.8 Å². The van der Waals surface area contributed by atoms with Gasteiger partial charge in [0.1, 0.15) is 0 Å². The minimum atomic E-state index is -0.414. The highest BCUT2D eigenvalue weighted by Gasteiger charge is 2.28. The normalized spacial score (nSPS) is 26.4. The SMILES string of the molecule is C[C@H](O)CN1CC(CBr)CC1=O. The van der Waals surface area contributed by atoms with Crippen molar-refractivity contribution in [3.63, 3.8) is 0 Å². The number of hydrogen-bond donors (Lipinski definition) is 1. The van der Waals surface area contributed by atoms with E-state index in [2.05, 4.69) is 15.9 Å². The van der Waals surface area contributed by atoms with Crippen molar-refractivity contribution < 1.29 is 9.90 Å². The van der Waals surface area contributed by atoms with Crippen molar-refractivity contribution in [2.45, 2.75) is 19.4 Å². The highest BCUT2D eigenvalue weighted by Crippen LogP contribution is 2.19. The Morgan fingerprint density at radius 1 is 1.83 bits per heavy atom. The lowest BCUT2D eigenvalue weighted by Gasteiger charge is -2.17. The molecule has 1 heterocycles. The largest absolute Gasteiger partial charge is 0.392 e. The summed E-state index contributed by atoms with van der Waals surface area (Å²) in [4.78, 5) is 13.0. The van der Waals surface area contributed by atoms with Crippen LogP contribution in [0.1, 0.15) is 13.3 Å². The zero-order valence-corrected chi connectivity index (χ0v) is 8.75. The highest BCUT2D eigenvalue weighted by atomic mass is 79.9. The van der Waals surface area contributed by atoms with Gasteiger partial charge in [0.05, 0.1) is 6.10 Å². The van der Waals surface area contributed by atoms with Crippen molar-refractivity contribution in [3.05, 3.63) is 0 Å². The van der Waals surface area contributed by atoms with Gasteiger partial charge in [-0.2, -0.15) is 0 Å². The Kier molecular flexibility index (Phi) is 3.53. The van der Waals surface area contributed by atoms with Crippen molar-refractivity contribution in [2.75, 3.05) is 18.4 Å². The van der Waals surface area contributed by atoms with Crippen molar-refractivity contribution in [3.8, 4) is 0 Å². The predicted octanol–water partition coefficient (Wildman–Crippen LogP) is 0.611. The van der Waals surface area contributed by atoms with Crippen LogP contribution in [0, 0.1) is 5.92 Å². The van der Waals surface area contributed by atoms with Crippen molar-refractivity contribution in [2.24, 2.45) is 5.92 Å². The third-order valence-electron chi connectivity index (χ3n) is 2.00. The topological polar surface area (TPSA) is 40.5 Å². The first-order valence-electron chi connectivity index (χ1n) is 4.15. The van der Waals surface area contributed by atoms with Crippen LogP contribution in [0.15, 0.2) is 0 Å². The van der Waals surface area contributed by atoms with Crippen LogP contribution in [0.4, 0.5) is 0 Å². The van der Waals surface area contributed by atoms with Crippen molar-refractivity contribution in [1.82, 2.24) is 4.90 Å². The summed E-state index contributed by atoms with van der Waals surface area (Å²) in [6, 6.07) is 0. The molecule has 1 aliphatic heterocycles. The van der Waals surface area contributed by atoms with Gasteiger partial charge in [0.15, 0.2) is 0 Å². The van der Waals surface area contributed by atoms with Crippen LogP contribution in [0.3, 0.4) is 0 Å². The lowest BCUT2D eigenvalue weighted by molar-refractivity contribution is -0.128. The summed E-state index contributed by atoms with van der Waals surface area (Å²) in [5.74, 6) is 0.594. The second-order valence-corrected chi connectivity index (χ2v) is 4.02. The number of likely N-dealkylation sites (tertiary alicyclic amines) is 1. The second-order valence-electron chi connectivity index (χ2n) is 3.37. The molecule has 0 aromatic carbocycles. The lowest BCUT2D eigenvalue weighted by atomic mass is 10.2. The molecule has 0 aromatic heterocycles. The molecule has 0 radical (unpaired) electrons. The fraction of sp³-hybridized carbons (Fsp3) is 0.875. The summed E-state index contributed by atoms with van der Waals surface area (Å²) in [5.41, 5.74) is 0. The summed E-state index contributed by atoms with van der Waals surface area (Å²) in [5, 5.41) is 9.95. The molecule has 0 aromatic rings. The molecule has 1 amide bonds. The van der Waals surface area contributed by atoms with E-state index in [1.165, 1.54) is 0 Å². The van der Waals surface area contributed by atoms with Crippen LogP contribution in [0.2, 0.25) is 0 Å². The zero-order valence-electron chi connectivity index (χ0n) is 7.16. The minimum Gasteiger partial charge on any atom is -0.392 e. The number of hydrogen-bond acceptors (Lipinski definition) is 2. The fourth-order valence-corrected chi connectivity index (χ4v) is 1.89. The van der Waals surface area contributed by atoms with Crippen LogP contribution in [-0.4, -0.2) is 40.4 Å². The zero-order chi connectivity index (χ0) is 9.14. The fourth-order valence-electron chi connectivity index (χ4n) is 1.45. The molecule has 2 atom stereocenters. The Balaban J connectivity index is 2.41. The molecule has 1 unspecified atom stereocenters. The Hall–Kier alpha value is -0.0900. The van der Waals surface area contributed by atoms with E-state index in [0.717, 1.165) is 11.9 Å². The molecular formula is C8H14BrNO2. The number of rotatable bonds is 3. The average Bonchev–Trinajstić information content (AvgIpc) is 2.31. The van der Waals surface area contributed by atoms with Gasteiger partial charge in [-0.15, -0.1) is 0 Å². The number of carbonyl (C=O) groups is 1. The molecular weight excluding hydrogens is 222 g/mol. The standard InChI is InChI=1S/C8H14BrNO2/c1-6(11)4-10-5-7(3-9)2-8(10)12/h6-7,11H,2-5H2,1H3/t6-,7?/m0/s1. The van der Waals surface area contributed by atoms with Crippen molar-refractivity contribution >= 4 is 21.8 Å². The Labute approximate surface area is 80.9 Å². The third-order valence-corrected chi connectivity index (χ3v) is 2.91. The first-order valence-corrected chi connectivity index (χ1v) is 5.27. The molecule has 4 heteroatoms. The smallest absolute Gasteiger partial charge is 0.223 e. The maximum absolute atomic E-state index is 11.3. The van der Waals surface area contributed by atoms with Crippen molar-refractivity contribution in [1.29, 1.82) is 0 Å². The number of aliphatic hydroxyl groups is 1. The number of alkyl halides is 1. The van der Waals surface area contributed by atoms with Gasteiger partial charge in [-0.1, -0.05) is 15.9 Å². The van der Waals surface area contributed by atoms with Crippen LogP contribution < -0.4 is 0 Å². The van der Waals surface area contributed by atoms with Crippen LogP contribution in [-0.2, 0) is 4.79 Å². The van der Waals surface area contributed by atoms with Gasteiger partial charge in [-0.3, -0.25) is 4.79 Å². The van der Waals surface area contributed by atoms with Crippen LogP contribution >= 0.6 is 15.9 Å². The summed E-state index contributed by atoms with van der Waals surface area (Å²) >= 11 is 3.36. The summed E-state index contributed by atoms with van der Waals surface area (Å²) in [6.07, 6.45) is 0.209. The lowest BCUT2D eigenvalue weighted by Crippen LogP contribution is -2.32. The first-order chi connectivity index (χ1) is 5.63. The molecule has 1 rings (SSSR count). The summed E-state index contributed by atoms with van der Waals surface area (Å²) in [7, 11) is 0. The maximum Gasteiger partial charge on any atom is 0.223 e. The molecule has 3 nitrogen and oxygen atoms in total. The number of β-amino-alcohol motifs (C(OH)–C–C–N with tert-alkyl or cyclic N) is 1. The number of nitrogens with zero attached hydrogens (tertiary/aromatic N) is 1. The van der Waals surface area contributed by atoms with E-state index in [0.29, 0.717) is 18.9 Å². The average molecular weight is 236 g/mol. The van der Waals surface area contributed by atoms with Gasteiger partial charge in [0, 0.05) is 24.8 Å². The molecule has 0 spiro atoms. The molecule has 0 saturated carbocycles. The Morgan fingerprint density at radius 3 is 2.92 bits per heavy atom. The molecule has 12 heavy (non-hydrogen) atoms. The first kappa shape index (κ1) is 9.99. The number of aliphatic hydroxyl groups excluding tert-OH is 1. The van der Waals surface area contributed by atoms with Crippen LogP contribution in [0.25, 0.3) is 0 Å². The van der Waals surface area contributed by atoms with Gasteiger partial charge in [-0.05, 0) is 12.8 Å².